The van der Waals surface area contributed by atoms with Crippen LogP contribution in [0.1, 0.15) is 38.8 Å². The fourth-order valence-electron chi connectivity index (χ4n) is 3.68. The summed E-state index contributed by atoms with van der Waals surface area (Å²) >= 11 is 1.18. The van der Waals surface area contributed by atoms with Crippen molar-refractivity contribution in [2.75, 3.05) is 24.6 Å². The summed E-state index contributed by atoms with van der Waals surface area (Å²) in [6.45, 7) is 4.46. The van der Waals surface area contributed by atoms with Gasteiger partial charge in [-0.05, 0) is 32.0 Å². The Morgan fingerprint density at radius 1 is 1.37 bits per heavy atom. The van der Waals surface area contributed by atoms with E-state index in [1.165, 1.54) is 11.3 Å². The molecule has 1 aliphatic heterocycles. The quantitative estimate of drug-likeness (QED) is 0.788. The predicted molar refractivity (Wildman–Crippen MR) is 97.5 cm³/mol. The molecule has 2 fully saturated rings. The lowest BCUT2D eigenvalue weighted by molar-refractivity contribution is 0.0532. The van der Waals surface area contributed by atoms with E-state index in [-0.39, 0.29) is 0 Å². The van der Waals surface area contributed by atoms with Crippen molar-refractivity contribution in [3.63, 3.8) is 0 Å². The molecule has 1 saturated carbocycles. The van der Waals surface area contributed by atoms with Crippen LogP contribution < -0.4 is 4.90 Å². The van der Waals surface area contributed by atoms with E-state index < -0.39 is 29.8 Å². The van der Waals surface area contributed by atoms with Gasteiger partial charge in [0.1, 0.15) is 16.8 Å². The van der Waals surface area contributed by atoms with Gasteiger partial charge in [-0.1, -0.05) is 6.07 Å². The maximum atomic E-state index is 13.4. The van der Waals surface area contributed by atoms with Crippen molar-refractivity contribution in [1.82, 2.24) is 4.98 Å². The summed E-state index contributed by atoms with van der Waals surface area (Å²) < 4.78 is 31.7. The first-order valence-electron chi connectivity index (χ1n) is 8.88. The lowest BCUT2D eigenvalue weighted by Crippen LogP contribution is -2.28. The van der Waals surface area contributed by atoms with Gasteiger partial charge in [-0.2, -0.15) is 0 Å². The van der Waals surface area contributed by atoms with Crippen LogP contribution in [-0.4, -0.2) is 41.7 Å². The Kier molecular flexibility index (Phi) is 4.43. The van der Waals surface area contributed by atoms with E-state index in [0.717, 1.165) is 0 Å². The Morgan fingerprint density at radius 3 is 2.70 bits per heavy atom. The van der Waals surface area contributed by atoms with Crippen LogP contribution in [0.3, 0.4) is 0 Å². The molecule has 0 spiro atoms. The van der Waals surface area contributed by atoms with Crippen molar-refractivity contribution in [2.45, 2.75) is 25.9 Å². The zero-order valence-corrected chi connectivity index (χ0v) is 15.8. The van der Waals surface area contributed by atoms with E-state index in [1.54, 1.807) is 38.1 Å². The van der Waals surface area contributed by atoms with Gasteiger partial charge < -0.3 is 14.7 Å². The predicted octanol–water partition coefficient (Wildman–Crippen LogP) is 3.41. The molecule has 144 valence electrons. The van der Waals surface area contributed by atoms with Gasteiger partial charge in [0, 0.05) is 29.2 Å². The number of pyridine rings is 1. The van der Waals surface area contributed by atoms with Crippen LogP contribution in [0.25, 0.3) is 0 Å². The molecule has 4 rings (SSSR count). The minimum Gasteiger partial charge on any atom is -0.462 e. The molecule has 3 heterocycles. The number of aryl methyl sites for hydroxylation is 1. The monoisotopic (exact) mass is 394 g/mol. The largest absolute Gasteiger partial charge is 0.462 e. The minimum atomic E-state index is -2.52. The second-order valence-electron chi connectivity index (χ2n) is 6.96. The van der Waals surface area contributed by atoms with Crippen LogP contribution in [0.5, 0.6) is 0 Å². The maximum absolute atomic E-state index is 13.4. The van der Waals surface area contributed by atoms with E-state index in [0.29, 0.717) is 46.5 Å². The van der Waals surface area contributed by atoms with E-state index in [9.17, 15) is 18.7 Å². The number of esters is 1. The number of halogens is 2. The fourth-order valence-corrected chi connectivity index (χ4v) is 4.59. The topological polar surface area (TPSA) is 62.7 Å². The Morgan fingerprint density at radius 2 is 2.07 bits per heavy atom. The zero-order chi connectivity index (χ0) is 19.3. The van der Waals surface area contributed by atoms with Gasteiger partial charge in [0.15, 0.2) is 0 Å². The lowest BCUT2D eigenvalue weighted by Gasteiger charge is -2.22. The summed E-state index contributed by atoms with van der Waals surface area (Å²) in [7, 11) is 0. The summed E-state index contributed by atoms with van der Waals surface area (Å²) in [6.07, 6.45) is -0.906. The number of rotatable bonds is 5. The second-order valence-corrected chi connectivity index (χ2v) is 8.08. The van der Waals surface area contributed by atoms with Gasteiger partial charge in [-0.15, -0.1) is 11.3 Å². The number of piperidine rings is 1. The number of alkyl halides is 2. The number of thiophene rings is 1. The first-order valence-corrected chi connectivity index (χ1v) is 9.69. The molecule has 3 atom stereocenters. The van der Waals surface area contributed by atoms with Crippen molar-refractivity contribution < 1.29 is 23.4 Å². The highest BCUT2D eigenvalue weighted by atomic mass is 32.1. The average Bonchev–Trinajstić information content (AvgIpc) is 3.11. The summed E-state index contributed by atoms with van der Waals surface area (Å²) in [5.74, 6) is -3.38. The molecule has 0 aromatic carbocycles. The normalized spacial score (nSPS) is 23.8. The van der Waals surface area contributed by atoms with Crippen molar-refractivity contribution >= 4 is 23.1 Å². The number of carbonyl (C=O) groups is 1. The summed E-state index contributed by atoms with van der Waals surface area (Å²) in [6, 6.07) is 6.86. The number of ether oxygens (including phenoxy) is 1. The van der Waals surface area contributed by atoms with Crippen LogP contribution in [0, 0.1) is 18.8 Å². The lowest BCUT2D eigenvalue weighted by atomic mass is 10.1. The van der Waals surface area contributed by atoms with Crippen LogP contribution in [0.4, 0.5) is 14.6 Å². The molecule has 1 saturated heterocycles. The van der Waals surface area contributed by atoms with E-state index in [1.807, 2.05) is 4.90 Å². The molecule has 2 aromatic rings. The number of aromatic nitrogens is 1. The van der Waals surface area contributed by atoms with E-state index >= 15 is 0 Å². The van der Waals surface area contributed by atoms with Gasteiger partial charge in [0.2, 0.25) is 0 Å². The molecule has 27 heavy (non-hydrogen) atoms. The molecule has 0 amide bonds. The molecule has 5 nitrogen and oxygen atoms in total. The third kappa shape index (κ3) is 3.10. The maximum Gasteiger partial charge on any atom is 0.348 e. The number of nitrogens with zero attached hydrogens (tertiary/aromatic N) is 2. The standard InChI is InChI=1S/C19H20F2N2O3S/c1-3-26-18(25)15-6-5-14(27-15)17(24)11-4-7-16(22-10(11)2)23-8-12-13(9-23)19(12,20)21/h4-7,12-13,17,24H,3,8-9H2,1-2H3. The van der Waals surface area contributed by atoms with Crippen LogP contribution in [-0.2, 0) is 4.74 Å². The SMILES string of the molecule is CCOC(=O)c1ccc(C(O)c2ccc(N3CC4C(C3)C4(F)F)nc2C)s1. The first kappa shape index (κ1) is 18.3. The first-order chi connectivity index (χ1) is 12.8. The Labute approximate surface area is 159 Å². The molecule has 0 radical (unpaired) electrons. The van der Waals surface area contributed by atoms with Crippen molar-refractivity contribution in [3.05, 3.63) is 45.3 Å². The van der Waals surface area contributed by atoms with E-state index in [4.69, 9.17) is 4.74 Å². The average molecular weight is 394 g/mol. The highest BCUT2D eigenvalue weighted by molar-refractivity contribution is 7.14. The van der Waals surface area contributed by atoms with Crippen molar-refractivity contribution in [2.24, 2.45) is 11.8 Å². The number of aliphatic hydroxyl groups excluding tert-OH is 1. The summed E-state index contributed by atoms with van der Waals surface area (Å²) in [4.78, 5) is 19.2. The number of hydrogen-bond acceptors (Lipinski definition) is 6. The molecular formula is C19H20F2N2O3S. The molecular weight excluding hydrogens is 374 g/mol. The van der Waals surface area contributed by atoms with Crippen LogP contribution in [0.2, 0.25) is 0 Å². The molecule has 0 bridgehead atoms. The highest BCUT2D eigenvalue weighted by Gasteiger charge is 2.71. The molecule has 3 unspecified atom stereocenters. The smallest absolute Gasteiger partial charge is 0.348 e. The number of anilines is 1. The third-order valence-electron chi connectivity index (χ3n) is 5.30. The van der Waals surface area contributed by atoms with Gasteiger partial charge in [-0.3, -0.25) is 0 Å². The van der Waals surface area contributed by atoms with Crippen LogP contribution >= 0.6 is 11.3 Å². The van der Waals surface area contributed by atoms with E-state index in [2.05, 4.69) is 4.98 Å². The highest BCUT2D eigenvalue weighted by Crippen LogP contribution is 2.59. The van der Waals surface area contributed by atoms with Gasteiger partial charge in [0.25, 0.3) is 5.92 Å². The van der Waals surface area contributed by atoms with Gasteiger partial charge >= 0.3 is 5.97 Å². The number of carbonyl (C=O) groups excluding carboxylic acids is 1. The van der Waals surface area contributed by atoms with Gasteiger partial charge in [0.05, 0.1) is 18.4 Å². The number of aliphatic hydroxyl groups is 1. The Balaban J connectivity index is 1.49. The Hall–Kier alpha value is -2.06. The van der Waals surface area contributed by atoms with Crippen molar-refractivity contribution in [3.8, 4) is 0 Å². The molecule has 2 aliphatic rings. The van der Waals surface area contributed by atoms with Gasteiger partial charge in [-0.25, -0.2) is 18.6 Å². The number of fused-ring (bicyclic) bond motifs is 1. The molecule has 2 aromatic heterocycles. The van der Waals surface area contributed by atoms with Crippen molar-refractivity contribution in [1.29, 1.82) is 0 Å². The second kappa shape index (κ2) is 6.53. The minimum absolute atomic E-state index is 0.295. The molecule has 1 aliphatic carbocycles. The fraction of sp³-hybridized carbons (Fsp3) is 0.474. The molecule has 1 N–H and O–H groups in total. The number of hydrogen-bond donors (Lipinski definition) is 1. The molecule has 8 heteroatoms. The Bertz CT molecular complexity index is 872. The third-order valence-corrected chi connectivity index (χ3v) is 6.42. The summed E-state index contributed by atoms with van der Waals surface area (Å²) in [5, 5.41) is 10.7. The summed E-state index contributed by atoms with van der Waals surface area (Å²) in [5.41, 5.74) is 1.27. The zero-order valence-electron chi connectivity index (χ0n) is 15.0. The van der Waals surface area contributed by atoms with Crippen LogP contribution in [0.15, 0.2) is 24.3 Å².